The van der Waals surface area contributed by atoms with Crippen LogP contribution in [0, 0.1) is 10.8 Å². The van der Waals surface area contributed by atoms with Gasteiger partial charge in [0.2, 0.25) is 0 Å². The number of fused-ring (bicyclic) bond motifs is 1. The first kappa shape index (κ1) is 11.7. The molecule has 0 radical (unpaired) electrons. The Labute approximate surface area is 96.3 Å². The predicted molar refractivity (Wildman–Crippen MR) is 60.3 cm³/mol. The second-order valence-corrected chi connectivity index (χ2v) is 6.27. The first-order chi connectivity index (χ1) is 7.28. The smallest absolute Gasteiger partial charge is 0.407 e. The molecule has 1 amide bonds. The molecule has 0 aromatic heterocycles. The van der Waals surface area contributed by atoms with E-state index in [2.05, 4.69) is 20.8 Å². The standard InChI is InChI=1S/C12H21NO3/c1-11(2,3)12-6-8(14)4-5-9(12)13(7-12)10(15)16/h8-9,14H,4-7H2,1-3H3,(H,15,16). The van der Waals surface area contributed by atoms with E-state index >= 15 is 0 Å². The van der Waals surface area contributed by atoms with Crippen LogP contribution in [0.25, 0.3) is 0 Å². The van der Waals surface area contributed by atoms with Crippen molar-refractivity contribution in [2.45, 2.75) is 52.2 Å². The molecule has 2 aliphatic rings. The Hall–Kier alpha value is -0.770. The van der Waals surface area contributed by atoms with E-state index in [-0.39, 0.29) is 23.0 Å². The molecule has 0 bridgehead atoms. The van der Waals surface area contributed by atoms with Crippen molar-refractivity contribution in [3.63, 3.8) is 0 Å². The molecule has 1 aliphatic carbocycles. The van der Waals surface area contributed by atoms with Crippen molar-refractivity contribution in [3.8, 4) is 0 Å². The van der Waals surface area contributed by atoms with Gasteiger partial charge in [-0.15, -0.1) is 0 Å². The minimum atomic E-state index is -0.818. The van der Waals surface area contributed by atoms with E-state index in [4.69, 9.17) is 5.11 Å². The molecular weight excluding hydrogens is 206 g/mol. The van der Waals surface area contributed by atoms with E-state index in [1.54, 1.807) is 0 Å². The molecule has 1 saturated heterocycles. The molecule has 0 aromatic rings. The van der Waals surface area contributed by atoms with Gasteiger partial charge in [0.05, 0.1) is 6.10 Å². The molecule has 0 aromatic carbocycles. The zero-order valence-corrected chi connectivity index (χ0v) is 10.2. The number of rotatable bonds is 0. The summed E-state index contributed by atoms with van der Waals surface area (Å²) in [7, 11) is 0. The van der Waals surface area contributed by atoms with Gasteiger partial charge in [-0.05, 0) is 24.7 Å². The number of amides is 1. The van der Waals surface area contributed by atoms with Crippen molar-refractivity contribution < 1.29 is 15.0 Å². The molecule has 3 atom stereocenters. The highest BCUT2D eigenvalue weighted by Crippen LogP contribution is 2.57. The fraction of sp³-hybridized carbons (Fsp3) is 0.917. The van der Waals surface area contributed by atoms with Gasteiger partial charge < -0.3 is 15.1 Å². The summed E-state index contributed by atoms with van der Waals surface area (Å²) in [6, 6.07) is 0.105. The zero-order chi connectivity index (χ0) is 12.1. The van der Waals surface area contributed by atoms with Crippen LogP contribution in [-0.4, -0.2) is 39.9 Å². The van der Waals surface area contributed by atoms with Crippen LogP contribution in [-0.2, 0) is 0 Å². The number of hydrogen-bond donors (Lipinski definition) is 2. The van der Waals surface area contributed by atoms with Gasteiger partial charge in [-0.25, -0.2) is 4.79 Å². The van der Waals surface area contributed by atoms with Gasteiger partial charge in [0.1, 0.15) is 0 Å². The number of aliphatic hydroxyl groups is 1. The van der Waals surface area contributed by atoms with Crippen molar-refractivity contribution in [2.24, 2.45) is 10.8 Å². The molecule has 3 unspecified atom stereocenters. The van der Waals surface area contributed by atoms with E-state index < -0.39 is 6.09 Å². The van der Waals surface area contributed by atoms with Gasteiger partial charge in [0.15, 0.2) is 0 Å². The van der Waals surface area contributed by atoms with Gasteiger partial charge in [-0.3, -0.25) is 0 Å². The Morgan fingerprint density at radius 3 is 2.50 bits per heavy atom. The zero-order valence-electron chi connectivity index (χ0n) is 10.2. The summed E-state index contributed by atoms with van der Waals surface area (Å²) in [4.78, 5) is 12.6. The predicted octanol–water partition coefficient (Wildman–Crippen LogP) is 1.93. The monoisotopic (exact) mass is 227 g/mol. The second kappa shape index (κ2) is 3.36. The summed E-state index contributed by atoms with van der Waals surface area (Å²) in [5, 5.41) is 18.9. The fourth-order valence-electron chi connectivity index (χ4n) is 3.46. The van der Waals surface area contributed by atoms with Crippen LogP contribution in [0.2, 0.25) is 0 Å². The van der Waals surface area contributed by atoms with Crippen molar-refractivity contribution >= 4 is 6.09 Å². The van der Waals surface area contributed by atoms with Crippen LogP contribution in [0.1, 0.15) is 40.0 Å². The molecule has 16 heavy (non-hydrogen) atoms. The summed E-state index contributed by atoms with van der Waals surface area (Å²) in [6.45, 7) is 7.03. The second-order valence-electron chi connectivity index (χ2n) is 6.27. The van der Waals surface area contributed by atoms with Crippen LogP contribution in [0.4, 0.5) is 4.79 Å². The average Bonchev–Trinajstić information content (AvgIpc) is 2.06. The number of hydrogen-bond acceptors (Lipinski definition) is 2. The minimum absolute atomic E-state index is 0.0247. The quantitative estimate of drug-likeness (QED) is 0.664. The van der Waals surface area contributed by atoms with E-state index in [1.165, 1.54) is 4.90 Å². The van der Waals surface area contributed by atoms with E-state index in [9.17, 15) is 9.90 Å². The summed E-state index contributed by atoms with van der Waals surface area (Å²) < 4.78 is 0. The average molecular weight is 227 g/mol. The van der Waals surface area contributed by atoms with E-state index in [0.29, 0.717) is 6.54 Å². The summed E-state index contributed by atoms with van der Waals surface area (Å²) in [5.41, 5.74) is 0.0219. The lowest BCUT2D eigenvalue weighted by atomic mass is 9.51. The van der Waals surface area contributed by atoms with Gasteiger partial charge in [0.25, 0.3) is 0 Å². The molecule has 2 rings (SSSR count). The van der Waals surface area contributed by atoms with Crippen LogP contribution < -0.4 is 0 Å². The maximum absolute atomic E-state index is 11.1. The third-order valence-corrected chi connectivity index (χ3v) is 4.58. The Bertz CT molecular complexity index is 310. The summed E-state index contributed by atoms with van der Waals surface area (Å²) >= 11 is 0. The Balaban J connectivity index is 2.24. The Kier molecular flexibility index (Phi) is 2.46. The number of carboxylic acid groups (broad SMARTS) is 1. The summed E-state index contributed by atoms with van der Waals surface area (Å²) in [6.07, 6.45) is 1.19. The molecule has 2 fully saturated rings. The lowest BCUT2D eigenvalue weighted by molar-refractivity contribution is -0.169. The normalized spacial score (nSPS) is 38.9. The number of aliphatic hydroxyl groups excluding tert-OH is 1. The van der Waals surface area contributed by atoms with Gasteiger partial charge >= 0.3 is 6.09 Å². The maximum atomic E-state index is 11.1. The van der Waals surface area contributed by atoms with Crippen LogP contribution in [0.3, 0.4) is 0 Å². The first-order valence-corrected chi connectivity index (χ1v) is 5.95. The lowest BCUT2D eigenvalue weighted by Crippen LogP contribution is -2.72. The van der Waals surface area contributed by atoms with Gasteiger partial charge in [-0.2, -0.15) is 0 Å². The Morgan fingerprint density at radius 2 is 2.00 bits per heavy atom. The Morgan fingerprint density at radius 1 is 1.38 bits per heavy atom. The number of carbonyl (C=O) groups is 1. The minimum Gasteiger partial charge on any atom is -0.465 e. The van der Waals surface area contributed by atoms with Crippen LogP contribution in [0.15, 0.2) is 0 Å². The molecule has 4 nitrogen and oxygen atoms in total. The highest BCUT2D eigenvalue weighted by atomic mass is 16.4. The number of likely N-dealkylation sites (tertiary alicyclic amines) is 1. The topological polar surface area (TPSA) is 60.8 Å². The fourth-order valence-corrected chi connectivity index (χ4v) is 3.46. The largest absolute Gasteiger partial charge is 0.465 e. The van der Waals surface area contributed by atoms with E-state index in [0.717, 1.165) is 19.3 Å². The van der Waals surface area contributed by atoms with Crippen LogP contribution in [0.5, 0.6) is 0 Å². The van der Waals surface area contributed by atoms with Crippen molar-refractivity contribution in [1.82, 2.24) is 4.90 Å². The molecule has 1 heterocycles. The molecule has 4 heteroatoms. The van der Waals surface area contributed by atoms with Crippen LogP contribution >= 0.6 is 0 Å². The van der Waals surface area contributed by atoms with Crippen molar-refractivity contribution in [1.29, 1.82) is 0 Å². The lowest BCUT2D eigenvalue weighted by Gasteiger charge is -2.65. The van der Waals surface area contributed by atoms with Crippen molar-refractivity contribution in [3.05, 3.63) is 0 Å². The third kappa shape index (κ3) is 1.43. The maximum Gasteiger partial charge on any atom is 0.407 e. The molecule has 92 valence electrons. The van der Waals surface area contributed by atoms with Crippen molar-refractivity contribution in [2.75, 3.05) is 6.54 Å². The highest BCUT2D eigenvalue weighted by molar-refractivity contribution is 5.67. The van der Waals surface area contributed by atoms with Gasteiger partial charge in [0, 0.05) is 18.0 Å². The number of nitrogens with zero attached hydrogens (tertiary/aromatic N) is 1. The highest BCUT2D eigenvalue weighted by Gasteiger charge is 2.62. The summed E-state index contributed by atoms with van der Waals surface area (Å²) in [5.74, 6) is 0. The third-order valence-electron chi connectivity index (χ3n) is 4.58. The molecular formula is C12H21NO3. The molecule has 1 aliphatic heterocycles. The SMILES string of the molecule is CC(C)(C)C12CC(O)CCC1N(C(=O)O)C2. The molecule has 1 saturated carbocycles. The first-order valence-electron chi connectivity index (χ1n) is 5.95. The van der Waals surface area contributed by atoms with Gasteiger partial charge in [-0.1, -0.05) is 20.8 Å². The van der Waals surface area contributed by atoms with E-state index in [1.807, 2.05) is 0 Å². The molecule has 0 spiro atoms. The molecule has 2 N–H and O–H groups in total.